The minimum absolute atomic E-state index is 0. The number of carboxylic acid groups (broad SMARTS) is 1. The number of carbonyl (C=O) groups is 2. The third-order valence-electron chi connectivity index (χ3n) is 11.5. The fourth-order valence-electron chi connectivity index (χ4n) is 8.55. The summed E-state index contributed by atoms with van der Waals surface area (Å²) in [4.78, 5) is 26.7. The molecule has 1 amide bonds. The van der Waals surface area contributed by atoms with Gasteiger partial charge >= 0.3 is 148 Å². The first-order valence-corrected chi connectivity index (χ1v) is 23.5. The van der Waals surface area contributed by atoms with Gasteiger partial charge in [0.15, 0.2) is 0 Å². The molecule has 0 bridgehead atoms. The Balaban J connectivity index is 0.00000299. The molecule has 18 heteroatoms. The van der Waals surface area contributed by atoms with Gasteiger partial charge in [0.05, 0.1) is 11.7 Å². The van der Waals surface area contributed by atoms with E-state index in [4.69, 9.17) is 0 Å². The monoisotopic (exact) mass is 971 g/mol. The molecular formula is C48H46N3Na5O8S2. The zero-order chi connectivity index (χ0) is 44.3. The van der Waals surface area contributed by atoms with Gasteiger partial charge in [-0.1, -0.05) is 105 Å². The summed E-state index contributed by atoms with van der Waals surface area (Å²) < 4.78 is 45.0. The smallest absolute Gasteiger partial charge is 0.779 e. The van der Waals surface area contributed by atoms with Crippen LogP contribution in [0.2, 0.25) is 0 Å². The second kappa shape index (κ2) is 23.7. The van der Waals surface area contributed by atoms with Crippen molar-refractivity contribution >= 4 is 76.6 Å². The quantitative estimate of drug-likeness (QED) is 0.0244. The number of hydrogen-bond acceptors (Lipinski definition) is 9. The first-order chi connectivity index (χ1) is 28.6. The molecule has 11 nitrogen and oxygen atoms in total. The van der Waals surface area contributed by atoms with Crippen LogP contribution in [0.15, 0.2) is 113 Å². The molecule has 0 aliphatic carbocycles. The van der Waals surface area contributed by atoms with Crippen LogP contribution in [0.25, 0.3) is 21.5 Å². The molecule has 1 unspecified atom stereocenters. The van der Waals surface area contributed by atoms with Crippen molar-refractivity contribution in [2.45, 2.75) is 63.2 Å². The maximum absolute atomic E-state index is 13.9. The largest absolute Gasteiger partial charge is 1.00 e. The maximum atomic E-state index is 13.9. The van der Waals surface area contributed by atoms with Gasteiger partial charge in [0, 0.05) is 48.5 Å². The van der Waals surface area contributed by atoms with Crippen LogP contribution in [0, 0.1) is 26.1 Å². The van der Waals surface area contributed by atoms with Crippen molar-refractivity contribution in [2.75, 3.05) is 28.6 Å². The number of aromatic carboxylic acids is 1. The summed E-state index contributed by atoms with van der Waals surface area (Å²) in [5, 5.41) is 29.3. The molecule has 1 atom stereocenters. The normalized spacial score (nSPS) is 16.4. The number of hydrogen-bond donors (Lipinski definition) is 1. The molecule has 0 fully saturated rings. The molecule has 2 heterocycles. The maximum Gasteiger partial charge on any atom is 1.00 e. The predicted octanol–water partition coefficient (Wildman–Crippen LogP) is -8.48. The summed E-state index contributed by atoms with van der Waals surface area (Å²) in [6.07, 6.45) is 10.6. The van der Waals surface area contributed by atoms with Crippen LogP contribution in [0.1, 0.15) is 67.6 Å². The van der Waals surface area contributed by atoms with E-state index >= 15 is 0 Å². The van der Waals surface area contributed by atoms with Crippen molar-refractivity contribution in [3.63, 3.8) is 0 Å². The average Bonchev–Trinajstić information content (AvgIpc) is 3.53. The molecule has 1 N–H and O–H groups in total. The van der Waals surface area contributed by atoms with E-state index in [2.05, 4.69) is 48.7 Å². The molecule has 2 aliphatic rings. The van der Waals surface area contributed by atoms with Crippen molar-refractivity contribution in [3.05, 3.63) is 150 Å². The Morgan fingerprint density at radius 2 is 1.58 bits per heavy atom. The van der Waals surface area contributed by atoms with Gasteiger partial charge in [-0.25, -0.2) is 4.21 Å². The van der Waals surface area contributed by atoms with Crippen LogP contribution in [-0.2, 0) is 40.4 Å². The summed E-state index contributed by atoms with van der Waals surface area (Å²) in [5.74, 6) is -1.84. The van der Waals surface area contributed by atoms with Crippen LogP contribution in [0.4, 0.5) is 17.1 Å². The van der Waals surface area contributed by atoms with Gasteiger partial charge < -0.3 is 38.8 Å². The minimum Gasteiger partial charge on any atom is -0.779 e. The van der Waals surface area contributed by atoms with Gasteiger partial charge in [-0.05, 0) is 46.7 Å². The molecule has 66 heavy (non-hydrogen) atoms. The number of nitrogens with one attached hydrogen (secondary N) is 1. The van der Waals surface area contributed by atoms with Gasteiger partial charge in [-0.15, -0.1) is 51.4 Å². The molecule has 318 valence electrons. The van der Waals surface area contributed by atoms with Crippen molar-refractivity contribution in [1.82, 2.24) is 0 Å². The number of fused-ring (bicyclic) bond motifs is 6. The van der Waals surface area contributed by atoms with Gasteiger partial charge in [0.1, 0.15) is 11.6 Å². The molecule has 2 aliphatic heterocycles. The fraction of sp³-hybridized carbons (Fsp3) is 0.250. The zero-order valence-electron chi connectivity index (χ0n) is 40.0. The predicted molar refractivity (Wildman–Crippen MR) is 236 cm³/mol. The molecule has 5 aromatic rings. The molecule has 5 aromatic carbocycles. The molecule has 0 saturated heterocycles. The fourth-order valence-corrected chi connectivity index (χ4v) is 10.2. The van der Waals surface area contributed by atoms with Gasteiger partial charge in [-0.3, -0.25) is 9.00 Å². The van der Waals surface area contributed by atoms with Gasteiger partial charge in [0.25, 0.3) is 0 Å². The van der Waals surface area contributed by atoms with Crippen molar-refractivity contribution < 1.29 is 190 Å². The van der Waals surface area contributed by atoms with Crippen LogP contribution in [0.5, 0.6) is 0 Å². The second-order valence-electron chi connectivity index (χ2n) is 17.3. The Kier molecular flexibility index (Phi) is 22.0. The second-order valence-corrected chi connectivity index (χ2v) is 22.5. The number of carbonyl (C=O) groups excluding carboxylic acids is 2. The van der Waals surface area contributed by atoms with E-state index in [9.17, 15) is 32.9 Å². The van der Waals surface area contributed by atoms with E-state index < -0.39 is 37.2 Å². The summed E-state index contributed by atoms with van der Waals surface area (Å²) in [6, 6.07) is 27.0. The minimum atomic E-state index is -4.15. The Labute approximate surface area is 500 Å². The Morgan fingerprint density at radius 1 is 0.924 bits per heavy atom. The number of amides is 1. The SMILES string of the molecule is [CH2-][N+]1=C(/C=C/C(=C/C=C2/N(CS(C)(C)(=O)O[O-])c3ccc4cc(C)c[c-]c4c3C2(C)C)CCC(=O)Nc2ccc(C(=O)[O-])cc2)C(C)(C)c2c1ccc1c[c-]cc(S(=O)[O-])c21.[Na+].[Na+].[Na+].[Na+].[Na+]. The third-order valence-corrected chi connectivity index (χ3v) is 13.6. The molecule has 0 radical (unpaired) electrons. The Morgan fingerprint density at radius 3 is 2.20 bits per heavy atom. The number of anilines is 2. The molecule has 7 rings (SSSR count). The van der Waals surface area contributed by atoms with Crippen LogP contribution in [0.3, 0.4) is 0 Å². The zero-order valence-corrected chi connectivity index (χ0v) is 51.7. The van der Waals surface area contributed by atoms with Crippen LogP contribution >= 0.6 is 0 Å². The number of rotatable bonds is 12. The molecule has 0 aromatic heterocycles. The standard InChI is InChI=1S/C48H49N3O8S2.5Na/c1-30-12-22-36-34(28-30)19-24-38-44(36)48(4,5)41(51(38)29-61(7,8,58)59-55)26-14-31(15-27-42(52)49-35-20-16-33(17-21-35)46(53)54)13-25-40-47(2,3)45-37(50(40)6)23-18-32-10-9-11-39(43(32)45)60(56)57;;;;;/h10-14,16-21,23-26,28,55H,6,15,27,29H2,1-5,7-8H3,(H,49,52)(H,53,54)(H,56,57);;;;;/q-2;5*+1/p-3/b25-13+,31-14-,41-26+;;;;;. The summed E-state index contributed by atoms with van der Waals surface area (Å²) in [7, 11) is 0.212. The first kappa shape index (κ1) is 61.4. The number of nitrogens with zero attached hydrogens (tertiary/aromatic N) is 2. The molecule has 0 saturated carbocycles. The third kappa shape index (κ3) is 12.7. The van der Waals surface area contributed by atoms with Crippen molar-refractivity contribution in [1.29, 1.82) is 0 Å². The number of benzene rings is 5. The van der Waals surface area contributed by atoms with E-state index in [0.29, 0.717) is 11.1 Å². The first-order valence-electron chi connectivity index (χ1n) is 19.5. The van der Waals surface area contributed by atoms with E-state index in [1.807, 2.05) is 80.3 Å². The van der Waals surface area contributed by atoms with E-state index in [1.165, 1.54) is 42.8 Å². The van der Waals surface area contributed by atoms with E-state index in [-0.39, 0.29) is 183 Å². The Hall–Kier alpha value is -0.700. The van der Waals surface area contributed by atoms with E-state index in [0.717, 1.165) is 61.2 Å². The number of allylic oxidation sites excluding steroid dienone is 6. The van der Waals surface area contributed by atoms with Crippen LogP contribution < -0.4 is 168 Å². The van der Waals surface area contributed by atoms with Crippen molar-refractivity contribution in [2.24, 2.45) is 0 Å². The van der Waals surface area contributed by atoms with Gasteiger partial charge in [-0.2, -0.15) is 27.5 Å². The van der Waals surface area contributed by atoms with Gasteiger partial charge in [0.2, 0.25) is 5.91 Å². The number of aryl methyl sites for hydroxylation is 1. The molecular weight excluding hydrogens is 926 g/mol. The van der Waals surface area contributed by atoms with E-state index in [1.54, 1.807) is 10.6 Å². The van der Waals surface area contributed by atoms with Crippen LogP contribution in [-0.4, -0.2) is 53.5 Å². The number of carboxylic acids is 1. The molecule has 0 spiro atoms. The Bertz CT molecular complexity index is 2910. The summed E-state index contributed by atoms with van der Waals surface area (Å²) in [6.45, 7) is 10.1. The average molecular weight is 972 g/mol. The summed E-state index contributed by atoms with van der Waals surface area (Å²) in [5.41, 5.74) is 5.63. The van der Waals surface area contributed by atoms with Crippen molar-refractivity contribution in [3.8, 4) is 0 Å². The summed E-state index contributed by atoms with van der Waals surface area (Å²) >= 11 is -2.51. The topological polar surface area (TPSA) is 165 Å².